The Labute approximate surface area is 118 Å². The maximum absolute atomic E-state index is 10.8. The van der Waals surface area contributed by atoms with Crippen molar-refractivity contribution in [2.75, 3.05) is 13.1 Å². The number of rotatable bonds is 2. The molecule has 3 heterocycles. The van der Waals surface area contributed by atoms with Gasteiger partial charge in [-0.25, -0.2) is 14.8 Å². The van der Waals surface area contributed by atoms with Crippen molar-refractivity contribution in [2.24, 2.45) is 0 Å². The molecule has 0 radical (unpaired) electrons. The number of aromatic nitrogens is 2. The van der Waals surface area contributed by atoms with Crippen molar-refractivity contribution in [1.82, 2.24) is 14.9 Å². The average molecular weight is 295 g/mol. The molecule has 5 nitrogen and oxygen atoms in total. The minimum Gasteiger partial charge on any atom is -0.465 e. The van der Waals surface area contributed by atoms with Gasteiger partial charge < -0.3 is 10.0 Å². The average Bonchev–Trinajstić information content (AvgIpc) is 2.81. The molecule has 3 rings (SSSR count). The number of hydrogen-bond donors (Lipinski definition) is 1. The van der Waals surface area contributed by atoms with Crippen LogP contribution < -0.4 is 0 Å². The predicted molar refractivity (Wildman–Crippen MR) is 75.9 cm³/mol. The number of carbonyl (C=O) groups is 1. The highest BCUT2D eigenvalue weighted by Crippen LogP contribution is 2.34. The molecule has 2 aromatic rings. The highest BCUT2D eigenvalue weighted by Gasteiger charge is 2.23. The van der Waals surface area contributed by atoms with Gasteiger partial charge in [-0.1, -0.05) is 11.8 Å². The Morgan fingerprint density at radius 2 is 2.26 bits per heavy atom. The third-order valence-corrected chi connectivity index (χ3v) is 5.57. The summed E-state index contributed by atoms with van der Waals surface area (Å²) in [6, 6.07) is 3.94. The van der Waals surface area contributed by atoms with Crippen molar-refractivity contribution in [3.63, 3.8) is 0 Å². The van der Waals surface area contributed by atoms with E-state index in [0.717, 1.165) is 27.5 Å². The van der Waals surface area contributed by atoms with Crippen LogP contribution in [0.5, 0.6) is 0 Å². The van der Waals surface area contributed by atoms with Crippen LogP contribution in [0.4, 0.5) is 4.79 Å². The van der Waals surface area contributed by atoms with E-state index in [1.807, 2.05) is 12.1 Å². The number of hydrogen-bond acceptors (Lipinski definition) is 5. The molecule has 0 atom stereocenters. The molecule has 0 saturated carbocycles. The van der Waals surface area contributed by atoms with Crippen molar-refractivity contribution < 1.29 is 9.90 Å². The zero-order valence-electron chi connectivity index (χ0n) is 10.2. The van der Waals surface area contributed by atoms with Gasteiger partial charge in [-0.05, 0) is 25.0 Å². The van der Waals surface area contributed by atoms with Gasteiger partial charge in [-0.2, -0.15) is 0 Å². The van der Waals surface area contributed by atoms with Crippen molar-refractivity contribution in [1.29, 1.82) is 0 Å². The van der Waals surface area contributed by atoms with E-state index >= 15 is 0 Å². The van der Waals surface area contributed by atoms with Gasteiger partial charge in [0.25, 0.3) is 0 Å². The molecular weight excluding hydrogens is 282 g/mol. The lowest BCUT2D eigenvalue weighted by molar-refractivity contribution is 0.136. The summed E-state index contributed by atoms with van der Waals surface area (Å²) in [5.74, 6) is 0. The molecule has 1 fully saturated rings. The third-order valence-electron chi connectivity index (χ3n) is 3.13. The fourth-order valence-electron chi connectivity index (χ4n) is 2.11. The number of likely N-dealkylation sites (tertiary alicyclic amines) is 1. The largest absolute Gasteiger partial charge is 0.465 e. The van der Waals surface area contributed by atoms with Crippen LogP contribution in [0.1, 0.15) is 12.8 Å². The van der Waals surface area contributed by atoms with Crippen LogP contribution in [0.25, 0.3) is 10.3 Å². The summed E-state index contributed by atoms with van der Waals surface area (Å²) >= 11 is 3.41. The molecule has 2 aromatic heterocycles. The Hall–Kier alpha value is -1.34. The highest BCUT2D eigenvalue weighted by molar-refractivity contribution is 8.01. The third kappa shape index (κ3) is 2.82. The van der Waals surface area contributed by atoms with Gasteiger partial charge in [0.15, 0.2) is 9.99 Å². The first-order chi connectivity index (χ1) is 9.22. The smallest absolute Gasteiger partial charge is 0.407 e. The van der Waals surface area contributed by atoms with Crippen LogP contribution in [0.3, 0.4) is 0 Å². The van der Waals surface area contributed by atoms with Gasteiger partial charge in [-0.15, -0.1) is 11.3 Å². The molecule has 1 N–H and O–H groups in total. The monoisotopic (exact) mass is 295 g/mol. The lowest BCUT2D eigenvalue weighted by Gasteiger charge is -2.28. The Morgan fingerprint density at radius 1 is 1.47 bits per heavy atom. The Kier molecular flexibility index (Phi) is 3.56. The minimum atomic E-state index is -0.812. The van der Waals surface area contributed by atoms with E-state index in [2.05, 4.69) is 9.97 Å². The number of fused-ring (bicyclic) bond motifs is 1. The van der Waals surface area contributed by atoms with Crippen LogP contribution in [-0.2, 0) is 0 Å². The van der Waals surface area contributed by atoms with Crippen molar-refractivity contribution in [3.05, 3.63) is 18.3 Å². The number of carboxylic acid groups (broad SMARTS) is 1. The fraction of sp³-hybridized carbons (Fsp3) is 0.417. The fourth-order valence-corrected chi connectivity index (χ4v) is 4.50. The second kappa shape index (κ2) is 5.34. The Bertz CT molecular complexity index is 560. The molecule has 7 heteroatoms. The molecule has 1 amide bonds. The van der Waals surface area contributed by atoms with E-state index < -0.39 is 6.09 Å². The maximum atomic E-state index is 10.8. The number of amides is 1. The number of thioether (sulfide) groups is 1. The summed E-state index contributed by atoms with van der Waals surface area (Å²) in [5.41, 5.74) is 0.804. The molecular formula is C12H13N3O2S2. The summed E-state index contributed by atoms with van der Waals surface area (Å²) in [6.07, 6.45) is 2.72. The van der Waals surface area contributed by atoms with Crippen LogP contribution >= 0.6 is 23.1 Å². The SMILES string of the molecule is O=C(O)N1CCC(Sc2nc3ncccc3s2)CC1. The van der Waals surface area contributed by atoms with Gasteiger partial charge in [0.2, 0.25) is 0 Å². The normalized spacial score (nSPS) is 16.9. The molecule has 100 valence electrons. The topological polar surface area (TPSA) is 66.3 Å². The van der Waals surface area contributed by atoms with Crippen molar-refractivity contribution in [3.8, 4) is 0 Å². The molecule has 1 aliphatic heterocycles. The van der Waals surface area contributed by atoms with Gasteiger partial charge in [0.1, 0.15) is 0 Å². The number of pyridine rings is 1. The molecule has 0 unspecified atom stereocenters. The maximum Gasteiger partial charge on any atom is 0.407 e. The quantitative estimate of drug-likeness (QED) is 0.922. The second-order valence-electron chi connectivity index (χ2n) is 4.39. The van der Waals surface area contributed by atoms with Gasteiger partial charge in [0, 0.05) is 24.5 Å². The number of thiazole rings is 1. The molecule has 0 aromatic carbocycles. The van der Waals surface area contributed by atoms with E-state index in [-0.39, 0.29) is 0 Å². The Morgan fingerprint density at radius 3 is 2.95 bits per heavy atom. The van der Waals surface area contributed by atoms with Crippen molar-refractivity contribution in [2.45, 2.75) is 22.4 Å². The molecule has 1 saturated heterocycles. The van der Waals surface area contributed by atoms with E-state index in [4.69, 9.17) is 5.11 Å². The Balaban J connectivity index is 1.64. The van der Waals surface area contributed by atoms with Gasteiger partial charge in [-0.3, -0.25) is 0 Å². The summed E-state index contributed by atoms with van der Waals surface area (Å²) in [6.45, 7) is 1.24. The lowest BCUT2D eigenvalue weighted by atomic mass is 10.1. The first kappa shape index (κ1) is 12.7. The van der Waals surface area contributed by atoms with Crippen LogP contribution in [0, 0.1) is 0 Å². The van der Waals surface area contributed by atoms with Gasteiger partial charge >= 0.3 is 6.09 Å². The van der Waals surface area contributed by atoms with E-state index in [1.54, 1.807) is 29.3 Å². The van der Waals surface area contributed by atoms with E-state index in [0.29, 0.717) is 18.3 Å². The van der Waals surface area contributed by atoms with Crippen LogP contribution in [0.2, 0.25) is 0 Å². The second-order valence-corrected chi connectivity index (χ2v) is 6.97. The highest BCUT2D eigenvalue weighted by atomic mass is 32.2. The summed E-state index contributed by atoms with van der Waals surface area (Å²) in [7, 11) is 0. The summed E-state index contributed by atoms with van der Waals surface area (Å²) in [5, 5.41) is 9.36. The first-order valence-electron chi connectivity index (χ1n) is 6.08. The summed E-state index contributed by atoms with van der Waals surface area (Å²) < 4.78 is 2.13. The van der Waals surface area contributed by atoms with Crippen LogP contribution in [0.15, 0.2) is 22.7 Å². The minimum absolute atomic E-state index is 0.455. The molecule has 0 aliphatic carbocycles. The van der Waals surface area contributed by atoms with Crippen LogP contribution in [-0.4, -0.2) is 44.4 Å². The van der Waals surface area contributed by atoms with E-state index in [9.17, 15) is 4.79 Å². The lowest BCUT2D eigenvalue weighted by Crippen LogP contribution is -2.38. The molecule has 19 heavy (non-hydrogen) atoms. The molecule has 1 aliphatic rings. The molecule has 0 spiro atoms. The van der Waals surface area contributed by atoms with Gasteiger partial charge in [0.05, 0.1) is 4.70 Å². The predicted octanol–water partition coefficient (Wildman–Crippen LogP) is 2.93. The zero-order valence-corrected chi connectivity index (χ0v) is 11.8. The molecule has 0 bridgehead atoms. The number of nitrogens with zero attached hydrogens (tertiary/aromatic N) is 3. The van der Waals surface area contributed by atoms with E-state index in [1.165, 1.54) is 4.90 Å². The summed E-state index contributed by atoms with van der Waals surface area (Å²) in [4.78, 5) is 21.1. The number of piperidine rings is 1. The van der Waals surface area contributed by atoms with Crippen molar-refractivity contribution >= 4 is 39.5 Å². The zero-order chi connectivity index (χ0) is 13.2. The first-order valence-corrected chi connectivity index (χ1v) is 7.78. The standard InChI is InChI=1S/C12H13N3O2S2/c16-12(17)15-6-3-8(4-7-15)18-11-14-10-9(19-11)2-1-5-13-10/h1-2,5,8H,3-4,6-7H2,(H,16,17).